The number of pyridine rings is 1. The Labute approximate surface area is 103 Å². The van der Waals surface area contributed by atoms with Gasteiger partial charge in [0.15, 0.2) is 0 Å². The Morgan fingerprint density at radius 3 is 2.83 bits per heavy atom. The van der Waals surface area contributed by atoms with E-state index >= 15 is 0 Å². The maximum atomic E-state index is 12.0. The summed E-state index contributed by atoms with van der Waals surface area (Å²) in [5.41, 5.74) is 2.24. The molecule has 0 saturated heterocycles. The number of nitrogens with one attached hydrogen (secondary N) is 1. The summed E-state index contributed by atoms with van der Waals surface area (Å²) in [6.07, 6.45) is -2.43. The van der Waals surface area contributed by atoms with E-state index in [1.807, 2.05) is 6.07 Å². The molecule has 1 aliphatic carbocycles. The standard InChI is InChI=1S/C12H12F3N3/c13-12(14,15)4-5-17-11-9(7-16)6-8-2-1-3-10(8)18-11/h6H,1-5H2,(H,17,18). The van der Waals surface area contributed by atoms with Crippen LogP contribution in [0.15, 0.2) is 6.07 Å². The van der Waals surface area contributed by atoms with Crippen molar-refractivity contribution >= 4 is 5.82 Å². The average molecular weight is 255 g/mol. The molecule has 6 heteroatoms. The molecule has 18 heavy (non-hydrogen) atoms. The molecule has 1 aromatic heterocycles. The lowest BCUT2D eigenvalue weighted by Gasteiger charge is -2.11. The lowest BCUT2D eigenvalue weighted by molar-refractivity contribution is -0.131. The maximum Gasteiger partial charge on any atom is 0.390 e. The second kappa shape index (κ2) is 4.84. The molecule has 0 amide bonds. The molecular weight excluding hydrogens is 243 g/mol. The fourth-order valence-electron chi connectivity index (χ4n) is 2.01. The average Bonchev–Trinajstić information content (AvgIpc) is 2.73. The van der Waals surface area contributed by atoms with Gasteiger partial charge in [-0.05, 0) is 30.9 Å². The van der Waals surface area contributed by atoms with Gasteiger partial charge in [-0.15, -0.1) is 0 Å². The number of anilines is 1. The van der Waals surface area contributed by atoms with Crippen molar-refractivity contribution in [1.82, 2.24) is 4.98 Å². The van der Waals surface area contributed by atoms with E-state index in [1.165, 1.54) is 0 Å². The van der Waals surface area contributed by atoms with Gasteiger partial charge in [0.25, 0.3) is 0 Å². The second-order valence-corrected chi connectivity index (χ2v) is 4.25. The van der Waals surface area contributed by atoms with Gasteiger partial charge < -0.3 is 5.32 Å². The minimum atomic E-state index is -4.20. The maximum absolute atomic E-state index is 12.0. The number of rotatable bonds is 3. The largest absolute Gasteiger partial charge is 0.390 e. The predicted molar refractivity (Wildman–Crippen MR) is 60.1 cm³/mol. The Bertz CT molecular complexity index is 489. The van der Waals surface area contributed by atoms with Gasteiger partial charge >= 0.3 is 6.18 Å². The monoisotopic (exact) mass is 255 g/mol. The lowest BCUT2D eigenvalue weighted by atomic mass is 10.1. The van der Waals surface area contributed by atoms with Crippen molar-refractivity contribution in [2.75, 3.05) is 11.9 Å². The first-order chi connectivity index (χ1) is 8.49. The van der Waals surface area contributed by atoms with Gasteiger partial charge in [-0.3, -0.25) is 0 Å². The third-order valence-electron chi connectivity index (χ3n) is 2.87. The van der Waals surface area contributed by atoms with Crippen LogP contribution in [0.2, 0.25) is 0 Å². The van der Waals surface area contributed by atoms with Crippen LogP contribution in [-0.2, 0) is 12.8 Å². The molecule has 1 N–H and O–H groups in total. The van der Waals surface area contributed by atoms with E-state index in [2.05, 4.69) is 10.3 Å². The topological polar surface area (TPSA) is 48.7 Å². The van der Waals surface area contributed by atoms with Crippen LogP contribution in [0.5, 0.6) is 0 Å². The van der Waals surface area contributed by atoms with Gasteiger partial charge in [0.1, 0.15) is 11.9 Å². The Morgan fingerprint density at radius 1 is 1.39 bits per heavy atom. The van der Waals surface area contributed by atoms with E-state index in [-0.39, 0.29) is 12.4 Å². The first kappa shape index (κ1) is 12.7. The molecule has 0 aliphatic heterocycles. The lowest BCUT2D eigenvalue weighted by Crippen LogP contribution is -2.16. The molecule has 1 heterocycles. The molecule has 0 unspecified atom stereocenters. The molecule has 0 fully saturated rings. The number of halogens is 3. The summed E-state index contributed by atoms with van der Waals surface area (Å²) in [5.74, 6) is 0.266. The third kappa shape index (κ3) is 2.92. The molecule has 96 valence electrons. The molecule has 0 saturated carbocycles. The SMILES string of the molecule is N#Cc1cc2c(nc1NCCC(F)(F)F)CCC2. The summed E-state index contributed by atoms with van der Waals surface area (Å²) in [7, 11) is 0. The summed E-state index contributed by atoms with van der Waals surface area (Å²) in [6, 6.07) is 3.69. The van der Waals surface area contributed by atoms with Crippen molar-refractivity contribution in [1.29, 1.82) is 5.26 Å². The highest BCUT2D eigenvalue weighted by atomic mass is 19.4. The fraction of sp³-hybridized carbons (Fsp3) is 0.500. The predicted octanol–water partition coefficient (Wildman–Crippen LogP) is 2.81. The van der Waals surface area contributed by atoms with E-state index in [4.69, 9.17) is 5.26 Å². The van der Waals surface area contributed by atoms with Gasteiger partial charge in [0, 0.05) is 12.2 Å². The first-order valence-corrected chi connectivity index (χ1v) is 5.73. The number of fused-ring (bicyclic) bond motifs is 1. The van der Waals surface area contributed by atoms with E-state index < -0.39 is 12.6 Å². The van der Waals surface area contributed by atoms with Gasteiger partial charge in [-0.2, -0.15) is 18.4 Å². The summed E-state index contributed by atoms with van der Waals surface area (Å²) in [4.78, 5) is 4.24. The first-order valence-electron chi connectivity index (χ1n) is 5.73. The second-order valence-electron chi connectivity index (χ2n) is 4.25. The fourth-order valence-corrected chi connectivity index (χ4v) is 2.01. The van der Waals surface area contributed by atoms with Crippen LogP contribution < -0.4 is 5.32 Å². The summed E-state index contributed by atoms with van der Waals surface area (Å²) in [5, 5.41) is 11.6. The number of hydrogen-bond acceptors (Lipinski definition) is 3. The molecular formula is C12H12F3N3. The number of alkyl halides is 3. The summed E-state index contributed by atoms with van der Waals surface area (Å²) >= 11 is 0. The van der Waals surface area contributed by atoms with Crippen LogP contribution in [0.4, 0.5) is 19.0 Å². The van der Waals surface area contributed by atoms with Gasteiger partial charge in [0.2, 0.25) is 0 Å². The summed E-state index contributed by atoms with van der Waals surface area (Å²) in [6.45, 7) is -0.260. The van der Waals surface area contributed by atoms with E-state index in [1.54, 1.807) is 6.07 Å². The van der Waals surface area contributed by atoms with E-state index in [9.17, 15) is 13.2 Å². The minimum Gasteiger partial charge on any atom is -0.369 e. The van der Waals surface area contributed by atoms with Crippen molar-refractivity contribution in [3.8, 4) is 6.07 Å². The molecule has 0 radical (unpaired) electrons. The van der Waals surface area contributed by atoms with Crippen LogP contribution in [0.3, 0.4) is 0 Å². The molecule has 3 nitrogen and oxygen atoms in total. The number of aromatic nitrogens is 1. The number of nitriles is 1. The smallest absolute Gasteiger partial charge is 0.369 e. The molecule has 2 rings (SSSR count). The Morgan fingerprint density at radius 2 is 2.17 bits per heavy atom. The molecule has 0 aromatic carbocycles. The van der Waals surface area contributed by atoms with Crippen LogP contribution in [0.25, 0.3) is 0 Å². The normalized spacial score (nSPS) is 14.1. The van der Waals surface area contributed by atoms with Crippen molar-refractivity contribution in [3.05, 3.63) is 22.9 Å². The van der Waals surface area contributed by atoms with Crippen LogP contribution in [0, 0.1) is 11.3 Å². The highest BCUT2D eigenvalue weighted by Crippen LogP contribution is 2.25. The summed E-state index contributed by atoms with van der Waals surface area (Å²) < 4.78 is 36.1. The zero-order chi connectivity index (χ0) is 13.2. The van der Waals surface area contributed by atoms with Crippen molar-refractivity contribution in [3.63, 3.8) is 0 Å². The molecule has 1 aromatic rings. The molecule has 0 bridgehead atoms. The zero-order valence-corrected chi connectivity index (χ0v) is 9.64. The Balaban J connectivity index is 2.10. The van der Waals surface area contributed by atoms with E-state index in [0.29, 0.717) is 5.56 Å². The highest BCUT2D eigenvalue weighted by Gasteiger charge is 2.26. The zero-order valence-electron chi connectivity index (χ0n) is 9.64. The molecule has 0 spiro atoms. The molecule has 0 atom stereocenters. The van der Waals surface area contributed by atoms with Crippen LogP contribution in [0.1, 0.15) is 29.7 Å². The van der Waals surface area contributed by atoms with Gasteiger partial charge in [-0.25, -0.2) is 4.98 Å². The quantitative estimate of drug-likeness (QED) is 0.903. The van der Waals surface area contributed by atoms with E-state index in [0.717, 1.165) is 30.5 Å². The van der Waals surface area contributed by atoms with Crippen molar-refractivity contribution in [2.24, 2.45) is 0 Å². The highest BCUT2D eigenvalue weighted by molar-refractivity contribution is 5.55. The van der Waals surface area contributed by atoms with Crippen LogP contribution in [-0.4, -0.2) is 17.7 Å². The van der Waals surface area contributed by atoms with Crippen LogP contribution >= 0.6 is 0 Å². The van der Waals surface area contributed by atoms with Gasteiger partial charge in [0.05, 0.1) is 12.0 Å². The number of aryl methyl sites for hydroxylation is 2. The number of hydrogen-bond donors (Lipinski definition) is 1. The number of nitrogens with zero attached hydrogens (tertiary/aromatic N) is 2. The third-order valence-corrected chi connectivity index (χ3v) is 2.87. The van der Waals surface area contributed by atoms with Gasteiger partial charge in [-0.1, -0.05) is 0 Å². The Kier molecular flexibility index (Phi) is 3.41. The van der Waals surface area contributed by atoms with Crippen molar-refractivity contribution < 1.29 is 13.2 Å². The minimum absolute atomic E-state index is 0.260. The Hall–Kier alpha value is -1.77. The van der Waals surface area contributed by atoms with Crippen molar-refractivity contribution in [2.45, 2.75) is 31.9 Å². The molecule has 1 aliphatic rings.